The van der Waals surface area contributed by atoms with Crippen molar-refractivity contribution in [2.75, 3.05) is 7.11 Å². The fourth-order valence-corrected chi connectivity index (χ4v) is 2.04. The van der Waals surface area contributed by atoms with Crippen molar-refractivity contribution >= 4 is 17.3 Å². The van der Waals surface area contributed by atoms with Gasteiger partial charge in [-0.1, -0.05) is 59.2 Å². The molecule has 0 aromatic heterocycles. The van der Waals surface area contributed by atoms with E-state index in [1.165, 1.54) is 0 Å². The number of hydrogen-bond donors (Lipinski definition) is 1. The summed E-state index contributed by atoms with van der Waals surface area (Å²) in [5.41, 5.74) is 2.14. The largest absolute Gasteiger partial charge is 0.411 e. The monoisotopic (exact) mass is 275 g/mol. The van der Waals surface area contributed by atoms with Gasteiger partial charge in [0.2, 0.25) is 0 Å². The molecule has 0 radical (unpaired) electrons. The van der Waals surface area contributed by atoms with Gasteiger partial charge in [0.05, 0.1) is 0 Å². The van der Waals surface area contributed by atoms with Crippen LogP contribution in [-0.2, 0) is 4.74 Å². The van der Waals surface area contributed by atoms with Crippen molar-refractivity contribution in [3.63, 3.8) is 0 Å². The summed E-state index contributed by atoms with van der Waals surface area (Å²) >= 11 is 5.86. The first kappa shape index (κ1) is 13.6. The zero-order valence-corrected chi connectivity index (χ0v) is 11.2. The molecule has 0 aliphatic heterocycles. The van der Waals surface area contributed by atoms with E-state index in [0.717, 1.165) is 11.1 Å². The summed E-state index contributed by atoms with van der Waals surface area (Å²) in [5.74, 6) is 0. The predicted octanol–water partition coefficient (Wildman–Crippen LogP) is 3.91. The van der Waals surface area contributed by atoms with Crippen LogP contribution < -0.4 is 0 Å². The second-order valence-corrected chi connectivity index (χ2v) is 4.45. The lowest BCUT2D eigenvalue weighted by Gasteiger charge is -2.17. The highest BCUT2D eigenvalue weighted by Gasteiger charge is 2.20. The number of benzene rings is 2. The van der Waals surface area contributed by atoms with Gasteiger partial charge >= 0.3 is 0 Å². The van der Waals surface area contributed by atoms with E-state index in [0.29, 0.717) is 10.7 Å². The Hall–Kier alpha value is -1.84. The number of rotatable bonds is 4. The molecule has 0 heterocycles. The highest BCUT2D eigenvalue weighted by atomic mass is 35.5. The van der Waals surface area contributed by atoms with Crippen LogP contribution >= 0.6 is 11.6 Å². The molecule has 2 aromatic rings. The van der Waals surface area contributed by atoms with Crippen LogP contribution in [0.2, 0.25) is 5.02 Å². The molecule has 98 valence electrons. The minimum absolute atomic E-state index is 0.424. The average molecular weight is 276 g/mol. The fraction of sp³-hybridized carbons (Fsp3) is 0.133. The summed E-state index contributed by atoms with van der Waals surface area (Å²) in [6.45, 7) is 0. The normalized spacial score (nSPS) is 13.3. The molecule has 0 fully saturated rings. The molecule has 4 heteroatoms. The molecule has 0 aliphatic carbocycles. The van der Waals surface area contributed by atoms with Crippen molar-refractivity contribution in [3.05, 3.63) is 70.7 Å². The van der Waals surface area contributed by atoms with Crippen molar-refractivity contribution in [3.8, 4) is 0 Å². The van der Waals surface area contributed by atoms with E-state index in [1.807, 2.05) is 30.3 Å². The Balaban J connectivity index is 2.38. The summed E-state index contributed by atoms with van der Waals surface area (Å²) < 4.78 is 5.45. The molecular weight excluding hydrogens is 262 g/mol. The maximum Gasteiger partial charge on any atom is 0.128 e. The van der Waals surface area contributed by atoms with Gasteiger partial charge in [0.15, 0.2) is 0 Å². The standard InChI is InChI=1S/C15H14ClNO2/c1-19-15(12-5-3-2-4-6-12)14(17-18)11-7-9-13(16)10-8-11/h2-10,15,18H,1H3/b17-14-/t15-/m1/s1. The van der Waals surface area contributed by atoms with Crippen molar-refractivity contribution in [2.24, 2.45) is 5.16 Å². The molecule has 19 heavy (non-hydrogen) atoms. The lowest BCUT2D eigenvalue weighted by atomic mass is 9.99. The quantitative estimate of drug-likeness (QED) is 0.522. The lowest BCUT2D eigenvalue weighted by Crippen LogP contribution is -2.16. The molecule has 0 amide bonds. The molecule has 0 unspecified atom stereocenters. The fourth-order valence-electron chi connectivity index (χ4n) is 1.92. The highest BCUT2D eigenvalue weighted by Crippen LogP contribution is 2.23. The summed E-state index contributed by atoms with van der Waals surface area (Å²) in [6.07, 6.45) is -0.424. The average Bonchev–Trinajstić information content (AvgIpc) is 2.47. The van der Waals surface area contributed by atoms with Crippen molar-refractivity contribution < 1.29 is 9.94 Å². The second-order valence-electron chi connectivity index (χ2n) is 4.02. The summed E-state index contributed by atoms with van der Waals surface area (Å²) in [7, 11) is 1.58. The molecule has 0 aliphatic rings. The molecule has 3 nitrogen and oxygen atoms in total. The van der Waals surface area contributed by atoms with Gasteiger partial charge in [-0.05, 0) is 17.7 Å². The summed E-state index contributed by atoms with van der Waals surface area (Å²) in [5, 5.41) is 13.3. The molecule has 1 N–H and O–H groups in total. The molecule has 2 aromatic carbocycles. The van der Waals surface area contributed by atoms with E-state index < -0.39 is 6.10 Å². The van der Waals surface area contributed by atoms with Crippen LogP contribution in [0.4, 0.5) is 0 Å². The number of methoxy groups -OCH3 is 1. The number of ether oxygens (including phenoxy) is 1. The zero-order valence-electron chi connectivity index (χ0n) is 10.5. The van der Waals surface area contributed by atoms with Crippen LogP contribution in [0.25, 0.3) is 0 Å². The van der Waals surface area contributed by atoms with Gasteiger partial charge in [-0.25, -0.2) is 0 Å². The maximum atomic E-state index is 9.29. The van der Waals surface area contributed by atoms with E-state index in [9.17, 15) is 5.21 Å². The summed E-state index contributed by atoms with van der Waals surface area (Å²) in [6, 6.07) is 16.7. The Labute approximate surface area is 117 Å². The topological polar surface area (TPSA) is 41.8 Å². The van der Waals surface area contributed by atoms with E-state index in [2.05, 4.69) is 5.16 Å². The molecule has 2 rings (SSSR count). The van der Waals surface area contributed by atoms with Crippen LogP contribution in [0.1, 0.15) is 17.2 Å². The Bertz CT molecular complexity index is 552. The minimum atomic E-state index is -0.424. The Morgan fingerprint density at radius 1 is 1.11 bits per heavy atom. The molecule has 0 spiro atoms. The van der Waals surface area contributed by atoms with Gasteiger partial charge in [-0.2, -0.15) is 0 Å². The van der Waals surface area contributed by atoms with Crippen LogP contribution in [0.3, 0.4) is 0 Å². The second kappa shape index (κ2) is 6.36. The molecular formula is C15H14ClNO2. The van der Waals surface area contributed by atoms with Crippen molar-refractivity contribution in [2.45, 2.75) is 6.10 Å². The van der Waals surface area contributed by atoms with Gasteiger partial charge in [-0.15, -0.1) is 0 Å². The van der Waals surface area contributed by atoms with E-state index in [-0.39, 0.29) is 0 Å². The number of halogens is 1. The van der Waals surface area contributed by atoms with Crippen LogP contribution in [0.5, 0.6) is 0 Å². The number of nitrogens with zero attached hydrogens (tertiary/aromatic N) is 1. The van der Waals surface area contributed by atoms with E-state index in [4.69, 9.17) is 16.3 Å². The first-order valence-electron chi connectivity index (χ1n) is 5.82. The number of oxime groups is 1. The number of hydrogen-bond acceptors (Lipinski definition) is 3. The Morgan fingerprint density at radius 3 is 2.26 bits per heavy atom. The van der Waals surface area contributed by atoms with Gasteiger partial charge in [-0.3, -0.25) is 0 Å². The first-order valence-corrected chi connectivity index (χ1v) is 6.19. The third-order valence-corrected chi connectivity index (χ3v) is 3.09. The summed E-state index contributed by atoms with van der Waals surface area (Å²) in [4.78, 5) is 0. The lowest BCUT2D eigenvalue weighted by molar-refractivity contribution is 0.154. The van der Waals surface area contributed by atoms with Gasteiger partial charge in [0.1, 0.15) is 11.8 Å². The highest BCUT2D eigenvalue weighted by molar-refractivity contribution is 6.30. The Kier molecular flexibility index (Phi) is 4.55. The SMILES string of the molecule is CO[C@@H](/C(=N\O)c1ccc(Cl)cc1)c1ccccc1. The maximum absolute atomic E-state index is 9.29. The van der Waals surface area contributed by atoms with Crippen molar-refractivity contribution in [1.29, 1.82) is 0 Å². The Morgan fingerprint density at radius 2 is 1.74 bits per heavy atom. The van der Waals surface area contributed by atoms with Crippen molar-refractivity contribution in [1.82, 2.24) is 0 Å². The molecule has 0 bridgehead atoms. The molecule has 1 atom stereocenters. The van der Waals surface area contributed by atoms with Crippen LogP contribution in [0, 0.1) is 0 Å². The van der Waals surface area contributed by atoms with Gasteiger partial charge < -0.3 is 9.94 Å². The van der Waals surface area contributed by atoms with E-state index >= 15 is 0 Å². The zero-order chi connectivity index (χ0) is 13.7. The first-order chi connectivity index (χ1) is 9.26. The third-order valence-electron chi connectivity index (χ3n) is 2.83. The van der Waals surface area contributed by atoms with Gasteiger partial charge in [0, 0.05) is 17.7 Å². The minimum Gasteiger partial charge on any atom is -0.411 e. The van der Waals surface area contributed by atoms with Crippen LogP contribution in [-0.4, -0.2) is 18.0 Å². The third kappa shape index (κ3) is 3.13. The van der Waals surface area contributed by atoms with Gasteiger partial charge in [0.25, 0.3) is 0 Å². The van der Waals surface area contributed by atoms with Crippen LogP contribution in [0.15, 0.2) is 59.8 Å². The smallest absolute Gasteiger partial charge is 0.128 e. The molecule has 0 saturated heterocycles. The van der Waals surface area contributed by atoms with E-state index in [1.54, 1.807) is 31.4 Å². The molecule has 0 saturated carbocycles. The predicted molar refractivity (Wildman–Crippen MR) is 76.0 cm³/mol.